The zero-order chi connectivity index (χ0) is 18.1. The summed E-state index contributed by atoms with van der Waals surface area (Å²) in [5.41, 5.74) is 0.510. The molecule has 25 heavy (non-hydrogen) atoms. The number of nitrogens with zero attached hydrogens (tertiary/aromatic N) is 2. The molecule has 1 saturated carbocycles. The maximum atomic E-state index is 12.9. The van der Waals surface area contributed by atoms with Crippen LogP contribution in [0.5, 0.6) is 0 Å². The Labute approximate surface area is 148 Å². The van der Waals surface area contributed by atoms with Crippen LogP contribution in [0.15, 0.2) is 16.9 Å². The summed E-state index contributed by atoms with van der Waals surface area (Å²) in [6.07, 6.45) is 2.71. The van der Waals surface area contributed by atoms with E-state index in [1.54, 1.807) is 24.0 Å². The average Bonchev–Trinajstić information content (AvgIpc) is 3.37. The van der Waals surface area contributed by atoms with Crippen molar-refractivity contribution in [3.8, 4) is 0 Å². The third-order valence-electron chi connectivity index (χ3n) is 5.22. The van der Waals surface area contributed by atoms with Gasteiger partial charge >= 0.3 is 0 Å². The molecule has 1 saturated heterocycles. The number of carbonyl (C=O) groups excluding carboxylic acids is 2. The molecule has 0 unspecified atom stereocenters. The molecule has 136 valence electrons. The predicted molar refractivity (Wildman–Crippen MR) is 95.4 cm³/mol. The molecule has 2 heterocycles. The summed E-state index contributed by atoms with van der Waals surface area (Å²) in [6.45, 7) is 7.62. The van der Waals surface area contributed by atoms with Gasteiger partial charge in [0.1, 0.15) is 5.56 Å². The van der Waals surface area contributed by atoms with Gasteiger partial charge in [0, 0.05) is 31.7 Å². The number of aromatic nitrogens is 1. The Kier molecular flexibility index (Phi) is 4.97. The lowest BCUT2D eigenvalue weighted by molar-refractivity contribution is -0.133. The van der Waals surface area contributed by atoms with Crippen molar-refractivity contribution in [3.63, 3.8) is 0 Å². The van der Waals surface area contributed by atoms with Gasteiger partial charge in [0.05, 0.1) is 6.04 Å². The quantitative estimate of drug-likeness (QED) is 0.904. The van der Waals surface area contributed by atoms with Gasteiger partial charge in [-0.2, -0.15) is 0 Å². The molecule has 1 aromatic rings. The minimum Gasteiger partial charge on any atom is -0.337 e. The topological polar surface area (TPSA) is 73.5 Å². The van der Waals surface area contributed by atoms with Crippen LogP contribution in [0.1, 0.15) is 49.2 Å². The standard InChI is InChI=1S/C19H27N3O3/c1-12(2)16-11-21(9-8-17(23)22(16)10-14-5-6-14)19(25)15-7-4-13(3)20-18(15)24/h4,7,12,14,16H,5-6,8-11H2,1-3H3,(H,20,24)/t16-/m1/s1. The van der Waals surface area contributed by atoms with E-state index in [0.717, 1.165) is 12.2 Å². The second-order valence-electron chi connectivity index (χ2n) is 7.69. The minimum absolute atomic E-state index is 0.00378. The first kappa shape index (κ1) is 17.7. The van der Waals surface area contributed by atoms with E-state index in [0.29, 0.717) is 25.4 Å². The SMILES string of the molecule is Cc1ccc(C(=O)N2CCC(=O)N(CC3CC3)[C@@H](C(C)C)C2)c(=O)[nH]1. The van der Waals surface area contributed by atoms with Crippen LogP contribution in [0.3, 0.4) is 0 Å². The van der Waals surface area contributed by atoms with E-state index in [2.05, 4.69) is 18.8 Å². The molecule has 1 aliphatic carbocycles. The fraction of sp³-hybridized carbons (Fsp3) is 0.632. The van der Waals surface area contributed by atoms with E-state index in [1.807, 2.05) is 4.90 Å². The van der Waals surface area contributed by atoms with Crippen LogP contribution in [-0.2, 0) is 4.79 Å². The largest absolute Gasteiger partial charge is 0.337 e. The van der Waals surface area contributed by atoms with E-state index in [-0.39, 0.29) is 34.9 Å². The van der Waals surface area contributed by atoms with Crippen molar-refractivity contribution < 1.29 is 9.59 Å². The number of carbonyl (C=O) groups is 2. The first-order chi connectivity index (χ1) is 11.9. The van der Waals surface area contributed by atoms with Gasteiger partial charge < -0.3 is 14.8 Å². The first-order valence-corrected chi connectivity index (χ1v) is 9.15. The Balaban J connectivity index is 1.83. The maximum absolute atomic E-state index is 12.9. The Morgan fingerprint density at radius 2 is 2.00 bits per heavy atom. The van der Waals surface area contributed by atoms with E-state index in [9.17, 15) is 14.4 Å². The summed E-state index contributed by atoms with van der Waals surface area (Å²) < 4.78 is 0. The van der Waals surface area contributed by atoms with E-state index < -0.39 is 0 Å². The molecular weight excluding hydrogens is 318 g/mol. The number of aryl methyl sites for hydroxylation is 1. The van der Waals surface area contributed by atoms with Gasteiger partial charge in [0.15, 0.2) is 0 Å². The molecule has 2 amide bonds. The second kappa shape index (κ2) is 7.02. The van der Waals surface area contributed by atoms with Gasteiger partial charge in [0.2, 0.25) is 5.91 Å². The Hall–Kier alpha value is -2.11. The number of aromatic amines is 1. The predicted octanol–water partition coefficient (Wildman–Crippen LogP) is 1.79. The third-order valence-corrected chi connectivity index (χ3v) is 5.22. The lowest BCUT2D eigenvalue weighted by Crippen LogP contribution is -2.48. The second-order valence-corrected chi connectivity index (χ2v) is 7.69. The van der Waals surface area contributed by atoms with E-state index in [1.165, 1.54) is 12.8 Å². The fourth-order valence-electron chi connectivity index (χ4n) is 3.46. The highest BCUT2D eigenvalue weighted by Crippen LogP contribution is 2.32. The van der Waals surface area contributed by atoms with Crippen molar-refractivity contribution in [3.05, 3.63) is 33.7 Å². The number of pyridine rings is 1. The highest BCUT2D eigenvalue weighted by molar-refractivity contribution is 5.94. The van der Waals surface area contributed by atoms with Crippen molar-refractivity contribution >= 4 is 11.8 Å². The number of rotatable bonds is 4. The van der Waals surface area contributed by atoms with E-state index in [4.69, 9.17) is 0 Å². The van der Waals surface area contributed by atoms with Crippen LogP contribution >= 0.6 is 0 Å². The van der Waals surface area contributed by atoms with Gasteiger partial charge in [-0.05, 0) is 43.7 Å². The monoisotopic (exact) mass is 345 g/mol. The summed E-state index contributed by atoms with van der Waals surface area (Å²) in [5.74, 6) is 0.714. The molecule has 6 heteroatoms. The first-order valence-electron chi connectivity index (χ1n) is 9.15. The molecule has 1 N–H and O–H groups in total. The average molecular weight is 345 g/mol. The molecule has 3 rings (SSSR count). The van der Waals surface area contributed by atoms with Gasteiger partial charge in [-0.25, -0.2) is 0 Å². The van der Waals surface area contributed by atoms with Gasteiger partial charge in [-0.3, -0.25) is 14.4 Å². The molecule has 0 radical (unpaired) electrons. The van der Waals surface area contributed by atoms with Gasteiger partial charge in [0.25, 0.3) is 11.5 Å². The number of nitrogens with one attached hydrogen (secondary N) is 1. The van der Waals surface area contributed by atoms with Crippen LogP contribution in [0, 0.1) is 18.8 Å². The molecule has 0 bridgehead atoms. The molecule has 2 fully saturated rings. The number of hydrogen-bond acceptors (Lipinski definition) is 3. The fourth-order valence-corrected chi connectivity index (χ4v) is 3.46. The maximum Gasteiger partial charge on any atom is 0.260 e. The van der Waals surface area contributed by atoms with Crippen LogP contribution in [0.4, 0.5) is 0 Å². The molecule has 0 spiro atoms. The van der Waals surface area contributed by atoms with Gasteiger partial charge in [-0.1, -0.05) is 13.8 Å². The summed E-state index contributed by atoms with van der Waals surface area (Å²) >= 11 is 0. The summed E-state index contributed by atoms with van der Waals surface area (Å²) in [5, 5.41) is 0. The molecule has 1 aromatic heterocycles. The number of amides is 2. The zero-order valence-corrected chi connectivity index (χ0v) is 15.2. The Morgan fingerprint density at radius 3 is 2.60 bits per heavy atom. The normalized spacial score (nSPS) is 21.6. The molecule has 2 aliphatic rings. The Bertz CT molecular complexity index is 721. The number of hydrogen-bond donors (Lipinski definition) is 1. The summed E-state index contributed by atoms with van der Waals surface area (Å²) in [7, 11) is 0. The summed E-state index contributed by atoms with van der Waals surface area (Å²) in [4.78, 5) is 44.0. The molecule has 1 aliphatic heterocycles. The Morgan fingerprint density at radius 1 is 1.28 bits per heavy atom. The molecule has 6 nitrogen and oxygen atoms in total. The van der Waals surface area contributed by atoms with Gasteiger partial charge in [-0.15, -0.1) is 0 Å². The van der Waals surface area contributed by atoms with E-state index >= 15 is 0 Å². The highest BCUT2D eigenvalue weighted by atomic mass is 16.2. The zero-order valence-electron chi connectivity index (χ0n) is 15.2. The van der Waals surface area contributed by atoms with Crippen LogP contribution in [0.25, 0.3) is 0 Å². The lowest BCUT2D eigenvalue weighted by atomic mass is 10.0. The minimum atomic E-state index is -0.364. The summed E-state index contributed by atoms with van der Waals surface area (Å²) in [6, 6.07) is 3.32. The van der Waals surface area contributed by atoms with Crippen LogP contribution in [0.2, 0.25) is 0 Å². The third kappa shape index (κ3) is 3.94. The number of H-pyrrole nitrogens is 1. The highest BCUT2D eigenvalue weighted by Gasteiger charge is 2.37. The van der Waals surface area contributed by atoms with Crippen molar-refractivity contribution in [2.45, 2.75) is 46.1 Å². The van der Waals surface area contributed by atoms with Crippen molar-refractivity contribution in [1.82, 2.24) is 14.8 Å². The molecule has 1 atom stereocenters. The molecule has 0 aromatic carbocycles. The van der Waals surface area contributed by atoms with Crippen LogP contribution in [-0.4, -0.2) is 52.3 Å². The smallest absolute Gasteiger partial charge is 0.260 e. The van der Waals surface area contributed by atoms with Crippen molar-refractivity contribution in [2.24, 2.45) is 11.8 Å². The molecular formula is C19H27N3O3. The van der Waals surface area contributed by atoms with Crippen molar-refractivity contribution in [1.29, 1.82) is 0 Å². The van der Waals surface area contributed by atoms with Crippen LogP contribution < -0.4 is 5.56 Å². The lowest BCUT2D eigenvalue weighted by Gasteiger charge is -2.34. The van der Waals surface area contributed by atoms with Crippen molar-refractivity contribution in [2.75, 3.05) is 19.6 Å².